The Balaban J connectivity index is 1.75. The molecule has 2 nitrogen and oxygen atoms in total. The smallest absolute Gasteiger partial charge is 0.0477 e. The quantitative estimate of drug-likeness (QED) is 0.802. The van der Waals surface area contributed by atoms with Crippen molar-refractivity contribution < 1.29 is 5.11 Å². The molecule has 17 heavy (non-hydrogen) atoms. The Hall–Kier alpha value is -1.12. The summed E-state index contributed by atoms with van der Waals surface area (Å²) in [6.45, 7) is 2.46. The largest absolute Gasteiger partial charge is 0.396 e. The molecule has 3 aliphatic rings. The molecule has 1 saturated heterocycles. The van der Waals surface area contributed by atoms with Gasteiger partial charge in [0.2, 0.25) is 0 Å². The van der Waals surface area contributed by atoms with Crippen molar-refractivity contribution in [3.05, 3.63) is 48.0 Å². The van der Waals surface area contributed by atoms with E-state index >= 15 is 0 Å². The zero-order valence-electron chi connectivity index (χ0n) is 10.00. The molecule has 4 rings (SSSR count). The maximum Gasteiger partial charge on any atom is 0.0477 e. The van der Waals surface area contributed by atoms with Crippen molar-refractivity contribution in [2.45, 2.75) is 19.0 Å². The molecule has 1 aromatic rings. The van der Waals surface area contributed by atoms with Crippen LogP contribution in [-0.2, 0) is 6.54 Å². The lowest BCUT2D eigenvalue weighted by molar-refractivity contribution is 0.0442. The number of fused-ring (bicyclic) bond motifs is 2. The maximum atomic E-state index is 9.44. The van der Waals surface area contributed by atoms with Crippen LogP contribution in [0, 0.1) is 11.8 Å². The van der Waals surface area contributed by atoms with Crippen LogP contribution in [0.1, 0.15) is 12.0 Å². The van der Waals surface area contributed by atoms with Crippen LogP contribution < -0.4 is 0 Å². The summed E-state index contributed by atoms with van der Waals surface area (Å²) in [5.41, 5.74) is 1.37. The van der Waals surface area contributed by atoms with Crippen molar-refractivity contribution >= 4 is 0 Å². The molecule has 0 spiro atoms. The molecule has 1 fully saturated rings. The van der Waals surface area contributed by atoms with Crippen LogP contribution in [0.3, 0.4) is 0 Å². The highest BCUT2D eigenvalue weighted by Crippen LogP contribution is 2.34. The van der Waals surface area contributed by atoms with Crippen LogP contribution >= 0.6 is 0 Å². The van der Waals surface area contributed by atoms with E-state index in [4.69, 9.17) is 0 Å². The molecular formula is C15H19NO. The Kier molecular flexibility index (Phi) is 3.00. The first-order valence-electron chi connectivity index (χ1n) is 6.44. The summed E-state index contributed by atoms with van der Waals surface area (Å²) in [5.74, 6) is 1.07. The topological polar surface area (TPSA) is 23.5 Å². The summed E-state index contributed by atoms with van der Waals surface area (Å²) in [6.07, 6.45) is 5.78. The normalized spacial score (nSPS) is 31.9. The number of piperidine rings is 1. The molecule has 2 bridgehead atoms. The number of benzene rings is 1. The maximum absolute atomic E-state index is 9.44. The van der Waals surface area contributed by atoms with Crippen molar-refractivity contribution in [3.63, 3.8) is 0 Å². The molecule has 3 atom stereocenters. The van der Waals surface area contributed by atoms with E-state index in [1.807, 2.05) is 0 Å². The van der Waals surface area contributed by atoms with Gasteiger partial charge in [-0.25, -0.2) is 0 Å². The second-order valence-electron chi connectivity index (χ2n) is 5.23. The highest BCUT2D eigenvalue weighted by molar-refractivity contribution is 5.17. The molecule has 1 aliphatic carbocycles. The standard InChI is InChI=1S/C15H19NO/c17-11-14-8-13-6-7-15(14)16(10-13)9-12-4-2-1-3-5-12/h1-7,13-15,17H,8-11H2. The molecule has 0 amide bonds. The Labute approximate surface area is 103 Å². The monoisotopic (exact) mass is 229 g/mol. The minimum Gasteiger partial charge on any atom is -0.396 e. The molecular weight excluding hydrogens is 210 g/mol. The lowest BCUT2D eigenvalue weighted by Crippen LogP contribution is -2.50. The average molecular weight is 229 g/mol. The van der Waals surface area contributed by atoms with Gasteiger partial charge < -0.3 is 5.11 Å². The van der Waals surface area contributed by atoms with Gasteiger partial charge in [0, 0.05) is 31.7 Å². The summed E-state index contributed by atoms with van der Waals surface area (Å²) in [7, 11) is 0. The molecule has 1 N–H and O–H groups in total. The molecule has 2 heteroatoms. The molecule has 2 heterocycles. The van der Waals surface area contributed by atoms with E-state index in [0.717, 1.165) is 19.5 Å². The Morgan fingerprint density at radius 2 is 2.00 bits per heavy atom. The predicted octanol–water partition coefficient (Wildman–Crippen LogP) is 2.06. The van der Waals surface area contributed by atoms with Crippen LogP contribution in [0.4, 0.5) is 0 Å². The Bertz CT molecular complexity index is 401. The summed E-state index contributed by atoms with van der Waals surface area (Å²) in [6, 6.07) is 11.0. The van der Waals surface area contributed by atoms with Crippen LogP contribution in [0.5, 0.6) is 0 Å². The van der Waals surface area contributed by atoms with Gasteiger partial charge in [0.1, 0.15) is 0 Å². The third-order valence-corrected chi connectivity index (χ3v) is 4.02. The van der Waals surface area contributed by atoms with Crippen LogP contribution in [0.25, 0.3) is 0 Å². The average Bonchev–Trinajstić information content (AvgIpc) is 2.40. The van der Waals surface area contributed by atoms with E-state index in [1.165, 1.54) is 5.56 Å². The fourth-order valence-corrected chi connectivity index (χ4v) is 3.18. The summed E-state index contributed by atoms with van der Waals surface area (Å²) >= 11 is 0. The molecule has 1 aromatic carbocycles. The molecule has 3 unspecified atom stereocenters. The van der Waals surface area contributed by atoms with Crippen LogP contribution in [-0.4, -0.2) is 29.2 Å². The highest BCUT2D eigenvalue weighted by Gasteiger charge is 2.36. The first-order chi connectivity index (χ1) is 8.36. The number of hydrogen-bond donors (Lipinski definition) is 1. The third kappa shape index (κ3) is 2.15. The number of nitrogens with zero attached hydrogens (tertiary/aromatic N) is 1. The van der Waals surface area contributed by atoms with E-state index in [1.54, 1.807) is 0 Å². The number of rotatable bonds is 3. The number of aliphatic hydroxyl groups excluding tert-OH is 1. The fraction of sp³-hybridized carbons (Fsp3) is 0.467. The number of hydrogen-bond acceptors (Lipinski definition) is 2. The molecule has 0 radical (unpaired) electrons. The van der Waals surface area contributed by atoms with Crippen molar-refractivity contribution in [1.82, 2.24) is 4.90 Å². The van der Waals surface area contributed by atoms with Crippen molar-refractivity contribution in [1.29, 1.82) is 0 Å². The van der Waals surface area contributed by atoms with Gasteiger partial charge >= 0.3 is 0 Å². The van der Waals surface area contributed by atoms with Gasteiger partial charge in [-0.1, -0.05) is 42.5 Å². The van der Waals surface area contributed by atoms with E-state index in [-0.39, 0.29) is 0 Å². The first kappa shape index (κ1) is 11.0. The fourth-order valence-electron chi connectivity index (χ4n) is 3.18. The molecule has 0 saturated carbocycles. The minimum atomic E-state index is 0.316. The molecule has 90 valence electrons. The molecule has 0 aromatic heterocycles. The van der Waals surface area contributed by atoms with Crippen molar-refractivity contribution in [3.8, 4) is 0 Å². The Morgan fingerprint density at radius 3 is 2.71 bits per heavy atom. The van der Waals surface area contributed by atoms with E-state index in [9.17, 15) is 5.11 Å². The van der Waals surface area contributed by atoms with Gasteiger partial charge in [0.05, 0.1) is 0 Å². The van der Waals surface area contributed by atoms with Gasteiger partial charge in [0.15, 0.2) is 0 Å². The van der Waals surface area contributed by atoms with Gasteiger partial charge in [-0.2, -0.15) is 0 Å². The second-order valence-corrected chi connectivity index (χ2v) is 5.23. The zero-order chi connectivity index (χ0) is 11.7. The Morgan fingerprint density at radius 1 is 1.18 bits per heavy atom. The van der Waals surface area contributed by atoms with Gasteiger partial charge in [0.25, 0.3) is 0 Å². The van der Waals surface area contributed by atoms with Crippen molar-refractivity contribution in [2.75, 3.05) is 13.2 Å². The van der Waals surface area contributed by atoms with Gasteiger partial charge in [-0.15, -0.1) is 0 Å². The van der Waals surface area contributed by atoms with Crippen molar-refractivity contribution in [2.24, 2.45) is 11.8 Å². The predicted molar refractivity (Wildman–Crippen MR) is 68.5 cm³/mol. The lowest BCUT2D eigenvalue weighted by Gasteiger charge is -2.46. The van der Waals surface area contributed by atoms with Gasteiger partial charge in [-0.3, -0.25) is 4.90 Å². The minimum absolute atomic E-state index is 0.316. The zero-order valence-corrected chi connectivity index (χ0v) is 10.00. The third-order valence-electron chi connectivity index (χ3n) is 4.02. The lowest BCUT2D eigenvalue weighted by atomic mass is 9.78. The number of aliphatic hydroxyl groups is 1. The van der Waals surface area contributed by atoms with E-state index in [2.05, 4.69) is 47.4 Å². The second kappa shape index (κ2) is 4.63. The van der Waals surface area contributed by atoms with Crippen LogP contribution in [0.15, 0.2) is 42.5 Å². The summed E-state index contributed by atoms with van der Waals surface area (Å²) in [5, 5.41) is 9.44. The van der Waals surface area contributed by atoms with Crippen LogP contribution in [0.2, 0.25) is 0 Å². The van der Waals surface area contributed by atoms with E-state index in [0.29, 0.717) is 24.5 Å². The summed E-state index contributed by atoms with van der Waals surface area (Å²) < 4.78 is 0. The SMILES string of the molecule is OCC1CC2C=CC1N(Cc1ccccc1)C2. The summed E-state index contributed by atoms with van der Waals surface area (Å²) in [4.78, 5) is 2.50. The molecule has 2 aliphatic heterocycles. The first-order valence-corrected chi connectivity index (χ1v) is 6.44. The van der Waals surface area contributed by atoms with E-state index < -0.39 is 0 Å². The highest BCUT2D eigenvalue weighted by atomic mass is 16.3. The van der Waals surface area contributed by atoms with Gasteiger partial charge in [-0.05, 0) is 17.9 Å².